The highest BCUT2D eigenvalue weighted by Gasteiger charge is 2.45. The number of Topliss-reactive ketones (excluding diaryl/α,β-unsaturated/α-hetero) is 1. The summed E-state index contributed by atoms with van der Waals surface area (Å²) in [6.07, 6.45) is 0.728. The lowest BCUT2D eigenvalue weighted by molar-refractivity contribution is -0.152. The Morgan fingerprint density at radius 1 is 0.931 bits per heavy atom. The Balaban J connectivity index is 2.16. The molecular formula is C25H28F2O2. The Morgan fingerprint density at radius 3 is 2.10 bits per heavy atom. The molecule has 0 fully saturated rings. The molecule has 0 atom stereocenters. The van der Waals surface area contributed by atoms with Crippen LogP contribution in [-0.4, -0.2) is 17.0 Å². The first-order valence-electron chi connectivity index (χ1n) is 9.96. The molecule has 1 aliphatic heterocycles. The summed E-state index contributed by atoms with van der Waals surface area (Å²) in [6.45, 7) is 10.7. The van der Waals surface area contributed by atoms with E-state index in [1.165, 1.54) is 6.07 Å². The van der Waals surface area contributed by atoms with Crippen molar-refractivity contribution in [3.63, 3.8) is 0 Å². The Kier molecular flexibility index (Phi) is 5.52. The van der Waals surface area contributed by atoms with Gasteiger partial charge in [0.25, 0.3) is 0 Å². The fourth-order valence-corrected chi connectivity index (χ4v) is 4.02. The molecule has 0 unspecified atom stereocenters. The van der Waals surface area contributed by atoms with Crippen molar-refractivity contribution in [3.8, 4) is 11.1 Å². The fourth-order valence-electron chi connectivity index (χ4n) is 4.02. The highest BCUT2D eigenvalue weighted by molar-refractivity contribution is 6.26. The van der Waals surface area contributed by atoms with Crippen LogP contribution in [0.3, 0.4) is 0 Å². The van der Waals surface area contributed by atoms with Crippen LogP contribution in [0.15, 0.2) is 42.0 Å². The molecule has 3 rings (SSSR count). The molecule has 4 heteroatoms. The normalized spacial score (nSPS) is 18.3. The average Bonchev–Trinajstić information content (AvgIpc) is 2.66. The van der Waals surface area contributed by atoms with Gasteiger partial charge < -0.3 is 4.74 Å². The molecule has 0 aliphatic carbocycles. The Bertz CT molecular complexity index is 1000. The molecular weight excluding hydrogens is 370 g/mol. The number of rotatable bonds is 4. The van der Waals surface area contributed by atoms with Crippen LogP contribution >= 0.6 is 0 Å². The summed E-state index contributed by atoms with van der Waals surface area (Å²) in [4.78, 5) is 13.2. The van der Waals surface area contributed by atoms with Crippen molar-refractivity contribution in [1.29, 1.82) is 0 Å². The third-order valence-corrected chi connectivity index (χ3v) is 5.84. The van der Waals surface area contributed by atoms with Gasteiger partial charge in [-0.2, -0.15) is 0 Å². The molecule has 0 spiro atoms. The summed E-state index contributed by atoms with van der Waals surface area (Å²) in [6, 6.07) is 10.4. The number of ketones is 1. The summed E-state index contributed by atoms with van der Waals surface area (Å²) in [5.74, 6) is -0.570. The molecule has 0 saturated heterocycles. The molecule has 1 heterocycles. The van der Waals surface area contributed by atoms with Crippen LogP contribution in [0, 0.1) is 5.82 Å². The van der Waals surface area contributed by atoms with Gasteiger partial charge in [0.15, 0.2) is 5.78 Å². The van der Waals surface area contributed by atoms with E-state index in [9.17, 15) is 13.6 Å². The van der Waals surface area contributed by atoms with E-state index in [4.69, 9.17) is 4.74 Å². The van der Waals surface area contributed by atoms with Gasteiger partial charge in [0.05, 0.1) is 5.60 Å². The highest BCUT2D eigenvalue weighted by atomic mass is 19.1. The van der Waals surface area contributed by atoms with E-state index in [0.717, 1.165) is 34.2 Å². The molecule has 2 aromatic rings. The predicted octanol–water partition coefficient (Wildman–Crippen LogP) is 6.45. The number of ether oxygens (including phenoxy) is 1. The maximum Gasteiger partial charge on any atom is 0.194 e. The second-order valence-corrected chi connectivity index (χ2v) is 8.62. The smallest absolute Gasteiger partial charge is 0.194 e. The van der Waals surface area contributed by atoms with Crippen molar-refractivity contribution in [2.75, 3.05) is 0 Å². The number of hydrogen-bond acceptors (Lipinski definition) is 2. The van der Waals surface area contributed by atoms with Crippen molar-refractivity contribution in [1.82, 2.24) is 0 Å². The number of carbonyl (C=O) groups is 1. The zero-order chi connectivity index (χ0) is 21.6. The van der Waals surface area contributed by atoms with Gasteiger partial charge in [0, 0.05) is 11.1 Å². The van der Waals surface area contributed by atoms with Gasteiger partial charge in [0.2, 0.25) is 0 Å². The standard InChI is InChI=1S/C25H28F2O2/c1-7-16-12-17(18-9-11-21(27)19(13-18)14-26)8-10-20(16)22-15(2)24(3,4)29-25(5,6)23(22)28/h8-13H,7,14H2,1-6H3. The second kappa shape index (κ2) is 7.49. The fraction of sp³-hybridized carbons (Fsp3) is 0.400. The van der Waals surface area contributed by atoms with Crippen molar-refractivity contribution in [2.45, 2.75) is 65.8 Å². The summed E-state index contributed by atoms with van der Waals surface area (Å²) >= 11 is 0. The van der Waals surface area contributed by atoms with Crippen LogP contribution in [-0.2, 0) is 22.6 Å². The lowest BCUT2D eigenvalue weighted by Gasteiger charge is -2.42. The van der Waals surface area contributed by atoms with Gasteiger partial charge in [0.1, 0.15) is 18.1 Å². The minimum absolute atomic E-state index is 0.0294. The minimum Gasteiger partial charge on any atom is -0.357 e. The maximum absolute atomic E-state index is 13.7. The first-order valence-corrected chi connectivity index (χ1v) is 9.96. The van der Waals surface area contributed by atoms with Gasteiger partial charge in [-0.05, 0) is 81.0 Å². The molecule has 2 aromatic carbocycles. The summed E-state index contributed by atoms with van der Waals surface area (Å²) in [5.41, 5.74) is 3.75. The molecule has 29 heavy (non-hydrogen) atoms. The third kappa shape index (κ3) is 3.78. The quantitative estimate of drug-likeness (QED) is 0.591. The van der Waals surface area contributed by atoms with E-state index in [0.29, 0.717) is 5.57 Å². The summed E-state index contributed by atoms with van der Waals surface area (Å²) < 4.78 is 32.8. The molecule has 0 aromatic heterocycles. The van der Waals surface area contributed by atoms with Crippen LogP contribution in [0.1, 0.15) is 58.2 Å². The van der Waals surface area contributed by atoms with E-state index >= 15 is 0 Å². The number of benzene rings is 2. The van der Waals surface area contributed by atoms with E-state index in [1.54, 1.807) is 26.0 Å². The van der Waals surface area contributed by atoms with E-state index in [-0.39, 0.29) is 11.3 Å². The largest absolute Gasteiger partial charge is 0.357 e. The first kappa shape index (κ1) is 21.4. The van der Waals surface area contributed by atoms with Crippen LogP contribution in [0.5, 0.6) is 0 Å². The monoisotopic (exact) mass is 398 g/mol. The maximum atomic E-state index is 13.7. The number of halogens is 2. The molecule has 0 N–H and O–H groups in total. The molecule has 1 aliphatic rings. The van der Waals surface area contributed by atoms with Crippen LogP contribution in [0.4, 0.5) is 8.78 Å². The number of alkyl halides is 1. The molecule has 2 nitrogen and oxygen atoms in total. The van der Waals surface area contributed by atoms with Crippen LogP contribution in [0.25, 0.3) is 16.7 Å². The second-order valence-electron chi connectivity index (χ2n) is 8.62. The number of aryl methyl sites for hydroxylation is 1. The van der Waals surface area contributed by atoms with E-state index in [1.807, 2.05) is 45.9 Å². The lowest BCUT2D eigenvalue weighted by atomic mass is 9.78. The zero-order valence-corrected chi connectivity index (χ0v) is 18.0. The highest BCUT2D eigenvalue weighted by Crippen LogP contribution is 2.42. The summed E-state index contributed by atoms with van der Waals surface area (Å²) in [7, 11) is 0. The minimum atomic E-state index is -0.908. The van der Waals surface area contributed by atoms with Gasteiger partial charge >= 0.3 is 0 Å². The van der Waals surface area contributed by atoms with E-state index in [2.05, 4.69) is 0 Å². The molecule has 0 amide bonds. The lowest BCUT2D eigenvalue weighted by Crippen LogP contribution is -2.49. The van der Waals surface area contributed by atoms with Gasteiger partial charge in [-0.1, -0.05) is 31.2 Å². The Labute approximate surface area is 171 Å². The average molecular weight is 398 g/mol. The number of hydrogen-bond donors (Lipinski definition) is 0. The van der Waals surface area contributed by atoms with Crippen LogP contribution in [0.2, 0.25) is 0 Å². The Morgan fingerprint density at radius 2 is 1.52 bits per heavy atom. The predicted molar refractivity (Wildman–Crippen MR) is 113 cm³/mol. The van der Waals surface area contributed by atoms with Crippen molar-refractivity contribution in [2.24, 2.45) is 0 Å². The topological polar surface area (TPSA) is 26.3 Å². The zero-order valence-electron chi connectivity index (χ0n) is 18.0. The third-order valence-electron chi connectivity index (χ3n) is 5.84. The molecule has 0 radical (unpaired) electrons. The van der Waals surface area contributed by atoms with Gasteiger partial charge in [-0.15, -0.1) is 0 Å². The number of carbonyl (C=O) groups excluding carboxylic acids is 1. The molecule has 0 saturated carbocycles. The SMILES string of the molecule is CCc1cc(-c2ccc(F)c(CF)c2)ccc1C1=C(C)C(C)(C)OC(C)(C)C1=O. The molecule has 154 valence electrons. The van der Waals surface area contributed by atoms with Crippen molar-refractivity contribution < 1.29 is 18.3 Å². The van der Waals surface area contributed by atoms with Gasteiger partial charge in [-0.25, -0.2) is 8.78 Å². The van der Waals surface area contributed by atoms with E-state index < -0.39 is 23.7 Å². The van der Waals surface area contributed by atoms with Crippen molar-refractivity contribution in [3.05, 3.63) is 64.5 Å². The van der Waals surface area contributed by atoms with Gasteiger partial charge in [-0.3, -0.25) is 4.79 Å². The summed E-state index contributed by atoms with van der Waals surface area (Å²) in [5, 5.41) is 0. The van der Waals surface area contributed by atoms with Crippen LogP contribution < -0.4 is 0 Å². The first-order chi connectivity index (χ1) is 13.5. The Hall–Kier alpha value is -2.33. The molecule has 0 bridgehead atoms. The van der Waals surface area contributed by atoms with Crippen molar-refractivity contribution >= 4 is 11.4 Å².